The minimum absolute atomic E-state index is 0.116. The van der Waals surface area contributed by atoms with E-state index in [-0.39, 0.29) is 11.4 Å². The number of carboxylic acids is 1. The van der Waals surface area contributed by atoms with Crippen molar-refractivity contribution in [1.29, 1.82) is 0 Å². The number of carboxylic acid groups (broad SMARTS) is 1. The molecule has 0 amide bonds. The van der Waals surface area contributed by atoms with Crippen molar-refractivity contribution in [1.82, 2.24) is 5.16 Å². The van der Waals surface area contributed by atoms with Crippen molar-refractivity contribution in [2.24, 2.45) is 0 Å². The predicted octanol–water partition coefficient (Wildman–Crippen LogP) is 1.93. The molecular formula is C12H11FN2O5S. The molecule has 0 radical (unpaired) electrons. The van der Waals surface area contributed by atoms with E-state index in [2.05, 4.69) is 9.88 Å². The maximum absolute atomic E-state index is 13.8. The fraction of sp³-hybridized carbons (Fsp3) is 0.167. The molecular weight excluding hydrogens is 303 g/mol. The molecule has 0 saturated heterocycles. The second kappa shape index (κ2) is 5.17. The number of nitrogens with zero attached hydrogens (tertiary/aromatic N) is 1. The summed E-state index contributed by atoms with van der Waals surface area (Å²) < 4.78 is 44.8. The minimum Gasteiger partial charge on any atom is -0.478 e. The number of hydrogen-bond donors (Lipinski definition) is 2. The van der Waals surface area contributed by atoms with E-state index in [9.17, 15) is 17.6 Å². The van der Waals surface area contributed by atoms with E-state index in [0.717, 1.165) is 12.1 Å². The number of benzene rings is 1. The quantitative estimate of drug-likeness (QED) is 0.892. The minimum atomic E-state index is -4.25. The molecule has 0 aliphatic carbocycles. The number of sulfonamides is 1. The number of nitrogens with one attached hydrogen (secondary N) is 1. The third-order valence-corrected chi connectivity index (χ3v) is 4.22. The van der Waals surface area contributed by atoms with Crippen LogP contribution in [-0.4, -0.2) is 24.7 Å². The molecule has 7 nitrogen and oxygen atoms in total. The van der Waals surface area contributed by atoms with Crippen LogP contribution >= 0.6 is 0 Å². The lowest BCUT2D eigenvalue weighted by Gasteiger charge is -2.07. The van der Waals surface area contributed by atoms with Gasteiger partial charge in [-0.25, -0.2) is 22.3 Å². The summed E-state index contributed by atoms with van der Waals surface area (Å²) in [4.78, 5) is 10.0. The van der Waals surface area contributed by atoms with Crippen molar-refractivity contribution < 1.29 is 27.2 Å². The zero-order valence-electron chi connectivity index (χ0n) is 11.0. The van der Waals surface area contributed by atoms with Crippen molar-refractivity contribution >= 4 is 21.9 Å². The molecule has 1 aromatic heterocycles. The molecule has 21 heavy (non-hydrogen) atoms. The van der Waals surface area contributed by atoms with Crippen molar-refractivity contribution in [3.05, 3.63) is 40.8 Å². The topological polar surface area (TPSA) is 110 Å². The van der Waals surface area contributed by atoms with Crippen LogP contribution in [0.2, 0.25) is 0 Å². The van der Waals surface area contributed by atoms with Gasteiger partial charge in [-0.1, -0.05) is 5.16 Å². The van der Waals surface area contributed by atoms with E-state index in [1.54, 1.807) is 13.8 Å². The summed E-state index contributed by atoms with van der Waals surface area (Å²) in [5, 5.41) is 12.3. The maximum atomic E-state index is 13.8. The Balaban J connectivity index is 2.40. The summed E-state index contributed by atoms with van der Waals surface area (Å²) in [5.41, 5.74) is 0.619. The normalized spacial score (nSPS) is 11.4. The highest BCUT2D eigenvalue weighted by Gasteiger charge is 2.23. The van der Waals surface area contributed by atoms with Crippen LogP contribution in [0.25, 0.3) is 0 Å². The first kappa shape index (κ1) is 15.0. The summed E-state index contributed by atoms with van der Waals surface area (Å²) in [6.07, 6.45) is 0. The van der Waals surface area contributed by atoms with Gasteiger partial charge in [-0.15, -0.1) is 0 Å². The Bertz CT molecular complexity index is 813. The number of anilines is 1. The molecule has 0 saturated carbocycles. The van der Waals surface area contributed by atoms with Crippen LogP contribution in [0.3, 0.4) is 0 Å². The van der Waals surface area contributed by atoms with Gasteiger partial charge in [0, 0.05) is 5.56 Å². The highest BCUT2D eigenvalue weighted by Crippen LogP contribution is 2.23. The van der Waals surface area contributed by atoms with Crippen molar-refractivity contribution in [2.75, 3.05) is 4.72 Å². The number of aromatic carboxylic acids is 1. The predicted molar refractivity (Wildman–Crippen MR) is 70.1 cm³/mol. The number of rotatable bonds is 4. The summed E-state index contributed by atoms with van der Waals surface area (Å²) in [7, 11) is -4.25. The number of carbonyl (C=O) groups is 1. The molecule has 2 aromatic rings. The van der Waals surface area contributed by atoms with Gasteiger partial charge < -0.3 is 9.63 Å². The molecule has 1 aromatic carbocycles. The lowest BCUT2D eigenvalue weighted by molar-refractivity contribution is 0.0696. The van der Waals surface area contributed by atoms with Crippen molar-refractivity contribution in [3.63, 3.8) is 0 Å². The Labute approximate surface area is 119 Å². The molecule has 0 atom stereocenters. The fourth-order valence-electron chi connectivity index (χ4n) is 1.54. The highest BCUT2D eigenvalue weighted by molar-refractivity contribution is 7.92. The van der Waals surface area contributed by atoms with Gasteiger partial charge in [-0.05, 0) is 32.0 Å². The average molecular weight is 314 g/mol. The van der Waals surface area contributed by atoms with Gasteiger partial charge in [-0.3, -0.25) is 0 Å². The second-order valence-corrected chi connectivity index (χ2v) is 5.93. The first-order chi connectivity index (χ1) is 9.72. The summed E-state index contributed by atoms with van der Waals surface area (Å²) in [6.45, 7) is 3.21. The fourth-order valence-corrected chi connectivity index (χ4v) is 2.65. The van der Waals surface area contributed by atoms with E-state index in [0.29, 0.717) is 17.3 Å². The Hall–Kier alpha value is -2.42. The van der Waals surface area contributed by atoms with E-state index in [4.69, 9.17) is 9.63 Å². The van der Waals surface area contributed by atoms with Gasteiger partial charge in [0.1, 0.15) is 10.7 Å². The maximum Gasteiger partial charge on any atom is 0.335 e. The van der Waals surface area contributed by atoms with Crippen LogP contribution in [0, 0.1) is 19.7 Å². The van der Waals surface area contributed by atoms with Gasteiger partial charge in [0.2, 0.25) is 5.88 Å². The Morgan fingerprint density at radius 2 is 2.05 bits per heavy atom. The largest absolute Gasteiger partial charge is 0.478 e. The van der Waals surface area contributed by atoms with E-state index < -0.39 is 26.7 Å². The molecule has 2 rings (SSSR count). The van der Waals surface area contributed by atoms with Crippen LogP contribution in [0.1, 0.15) is 21.6 Å². The first-order valence-electron chi connectivity index (χ1n) is 5.71. The molecule has 9 heteroatoms. The number of hydrogen-bond acceptors (Lipinski definition) is 5. The van der Waals surface area contributed by atoms with Gasteiger partial charge in [0.15, 0.2) is 0 Å². The summed E-state index contributed by atoms with van der Waals surface area (Å²) >= 11 is 0. The monoisotopic (exact) mass is 314 g/mol. The Morgan fingerprint density at radius 3 is 2.52 bits per heavy atom. The van der Waals surface area contributed by atoms with Gasteiger partial charge in [0.05, 0.1) is 11.3 Å². The second-order valence-electron chi connectivity index (χ2n) is 4.28. The lowest BCUT2D eigenvalue weighted by atomic mass is 10.2. The summed E-state index contributed by atoms with van der Waals surface area (Å²) in [6, 6.07) is 2.51. The van der Waals surface area contributed by atoms with Gasteiger partial charge >= 0.3 is 5.97 Å². The number of aryl methyl sites for hydroxylation is 1. The first-order valence-corrected chi connectivity index (χ1v) is 7.19. The van der Waals surface area contributed by atoms with Gasteiger partial charge in [0.25, 0.3) is 10.0 Å². The molecule has 0 fully saturated rings. The zero-order chi connectivity index (χ0) is 15.8. The molecule has 112 valence electrons. The van der Waals surface area contributed by atoms with E-state index in [1.807, 2.05) is 0 Å². The molecule has 0 aliphatic heterocycles. The smallest absolute Gasteiger partial charge is 0.335 e. The molecule has 0 bridgehead atoms. The summed E-state index contributed by atoms with van der Waals surface area (Å²) in [5.74, 6) is -2.64. The van der Waals surface area contributed by atoms with Crippen LogP contribution < -0.4 is 4.72 Å². The van der Waals surface area contributed by atoms with Crippen molar-refractivity contribution in [3.8, 4) is 0 Å². The number of aromatic nitrogens is 1. The van der Waals surface area contributed by atoms with Gasteiger partial charge in [-0.2, -0.15) is 0 Å². The van der Waals surface area contributed by atoms with E-state index in [1.165, 1.54) is 0 Å². The number of halogens is 1. The SMILES string of the molecule is Cc1noc(NS(=O)(=O)c2ccc(C(=O)O)cc2F)c1C. The molecule has 2 N–H and O–H groups in total. The van der Waals surface area contributed by atoms with Crippen LogP contribution in [-0.2, 0) is 10.0 Å². The molecule has 0 aliphatic rings. The standard InChI is InChI=1S/C12H11FN2O5S/c1-6-7(2)14-20-11(6)15-21(18,19)10-4-3-8(12(16)17)5-9(10)13/h3-5,15H,1-2H3,(H,16,17). The Kier molecular flexibility index (Phi) is 3.69. The molecule has 1 heterocycles. The average Bonchev–Trinajstić information content (AvgIpc) is 2.69. The van der Waals surface area contributed by atoms with Crippen molar-refractivity contribution in [2.45, 2.75) is 18.7 Å². The molecule has 0 unspecified atom stereocenters. The zero-order valence-corrected chi connectivity index (χ0v) is 11.9. The molecule has 0 spiro atoms. The third kappa shape index (κ3) is 2.87. The van der Waals surface area contributed by atoms with E-state index >= 15 is 0 Å². The van der Waals surface area contributed by atoms with Crippen LogP contribution in [0.15, 0.2) is 27.6 Å². The van der Waals surface area contributed by atoms with Crippen LogP contribution in [0.5, 0.6) is 0 Å². The highest BCUT2D eigenvalue weighted by atomic mass is 32.2. The lowest BCUT2D eigenvalue weighted by Crippen LogP contribution is -2.15. The Morgan fingerprint density at radius 1 is 1.38 bits per heavy atom. The third-order valence-electron chi connectivity index (χ3n) is 2.85. The van der Waals surface area contributed by atoms with Crippen LogP contribution in [0.4, 0.5) is 10.3 Å².